The van der Waals surface area contributed by atoms with Crippen molar-refractivity contribution in [3.63, 3.8) is 0 Å². The van der Waals surface area contributed by atoms with E-state index in [9.17, 15) is 9.59 Å². The molecule has 0 bridgehead atoms. The standard InChI is InChI=1S/C24H23NO4/c1-28-21-15-9-8-14-20(21)16-25-22(26)17-29-24(27)23(18-10-4-2-5-11-18)19-12-6-3-7-13-19/h2-15,23H,16-17H2,1H3,(H,25,26). The molecule has 1 amide bonds. The smallest absolute Gasteiger partial charge is 0.318 e. The molecular weight excluding hydrogens is 366 g/mol. The number of ether oxygens (including phenoxy) is 2. The number of rotatable bonds is 8. The third-order valence-corrected chi connectivity index (χ3v) is 4.52. The van der Waals surface area contributed by atoms with Gasteiger partial charge in [0.05, 0.1) is 7.11 Å². The molecule has 0 fully saturated rings. The van der Waals surface area contributed by atoms with Crippen molar-refractivity contribution < 1.29 is 19.1 Å². The van der Waals surface area contributed by atoms with Crippen LogP contribution >= 0.6 is 0 Å². The van der Waals surface area contributed by atoms with Crippen LogP contribution in [0.15, 0.2) is 84.9 Å². The summed E-state index contributed by atoms with van der Waals surface area (Å²) in [6.45, 7) is -0.0503. The van der Waals surface area contributed by atoms with Crippen molar-refractivity contribution in [3.8, 4) is 5.75 Å². The van der Waals surface area contributed by atoms with Gasteiger partial charge in [0.2, 0.25) is 0 Å². The first-order chi connectivity index (χ1) is 14.2. The average Bonchev–Trinajstić information content (AvgIpc) is 2.78. The van der Waals surface area contributed by atoms with Crippen LogP contribution in [0.1, 0.15) is 22.6 Å². The van der Waals surface area contributed by atoms with E-state index in [-0.39, 0.29) is 12.5 Å². The Bertz CT molecular complexity index is 902. The molecule has 0 aliphatic heterocycles. The van der Waals surface area contributed by atoms with Crippen LogP contribution in [0.3, 0.4) is 0 Å². The maximum atomic E-state index is 12.8. The molecule has 0 heterocycles. The Morgan fingerprint density at radius 1 is 0.828 bits per heavy atom. The van der Waals surface area contributed by atoms with Crippen LogP contribution in [0.4, 0.5) is 0 Å². The van der Waals surface area contributed by atoms with Crippen LogP contribution in [-0.2, 0) is 20.9 Å². The lowest BCUT2D eigenvalue weighted by molar-refractivity contribution is -0.149. The summed E-state index contributed by atoms with van der Waals surface area (Å²) < 4.78 is 10.6. The maximum Gasteiger partial charge on any atom is 0.318 e. The third kappa shape index (κ3) is 5.45. The van der Waals surface area contributed by atoms with Gasteiger partial charge in [-0.1, -0.05) is 78.9 Å². The Balaban J connectivity index is 1.62. The van der Waals surface area contributed by atoms with Crippen molar-refractivity contribution in [1.82, 2.24) is 5.32 Å². The molecule has 0 spiro atoms. The fourth-order valence-electron chi connectivity index (χ4n) is 3.07. The molecular formula is C24H23NO4. The first-order valence-corrected chi connectivity index (χ1v) is 9.34. The van der Waals surface area contributed by atoms with Gasteiger partial charge in [-0.05, 0) is 17.2 Å². The van der Waals surface area contributed by atoms with Crippen molar-refractivity contribution in [2.45, 2.75) is 12.5 Å². The number of nitrogens with one attached hydrogen (secondary N) is 1. The van der Waals surface area contributed by atoms with E-state index in [2.05, 4.69) is 5.32 Å². The van der Waals surface area contributed by atoms with E-state index < -0.39 is 11.9 Å². The monoisotopic (exact) mass is 389 g/mol. The Hall–Kier alpha value is -3.60. The number of esters is 1. The van der Waals surface area contributed by atoms with Crippen molar-refractivity contribution in [2.24, 2.45) is 0 Å². The lowest BCUT2D eigenvalue weighted by atomic mass is 9.91. The molecule has 3 aromatic rings. The second-order valence-corrected chi connectivity index (χ2v) is 6.45. The molecule has 0 aromatic heterocycles. The van der Waals surface area contributed by atoms with Crippen LogP contribution in [0, 0.1) is 0 Å². The summed E-state index contributed by atoms with van der Waals surface area (Å²) in [7, 11) is 1.58. The van der Waals surface area contributed by atoms with Crippen LogP contribution in [0.25, 0.3) is 0 Å². The Kier molecular flexibility index (Phi) is 7.00. The first-order valence-electron chi connectivity index (χ1n) is 9.34. The molecule has 1 N–H and O–H groups in total. The van der Waals surface area contributed by atoms with E-state index in [4.69, 9.17) is 9.47 Å². The third-order valence-electron chi connectivity index (χ3n) is 4.52. The predicted octanol–water partition coefficient (Wildman–Crippen LogP) is 3.69. The van der Waals surface area contributed by atoms with Gasteiger partial charge in [0.15, 0.2) is 6.61 Å². The molecule has 29 heavy (non-hydrogen) atoms. The number of para-hydroxylation sites is 1. The molecule has 0 unspecified atom stereocenters. The highest BCUT2D eigenvalue weighted by atomic mass is 16.5. The van der Waals surface area contributed by atoms with Gasteiger partial charge in [0.1, 0.15) is 11.7 Å². The minimum atomic E-state index is -0.584. The van der Waals surface area contributed by atoms with E-state index in [1.54, 1.807) is 7.11 Å². The quantitative estimate of drug-likeness (QED) is 0.597. The highest BCUT2D eigenvalue weighted by molar-refractivity contribution is 5.85. The SMILES string of the molecule is COc1ccccc1CNC(=O)COC(=O)C(c1ccccc1)c1ccccc1. The summed E-state index contributed by atoms with van der Waals surface area (Å²) in [4.78, 5) is 25.0. The number of hydrogen-bond acceptors (Lipinski definition) is 4. The summed E-state index contributed by atoms with van der Waals surface area (Å²) in [6, 6.07) is 26.2. The van der Waals surface area contributed by atoms with Crippen LogP contribution < -0.4 is 10.1 Å². The van der Waals surface area contributed by atoms with Gasteiger partial charge in [-0.25, -0.2) is 0 Å². The van der Waals surface area contributed by atoms with Gasteiger partial charge in [-0.3, -0.25) is 9.59 Å². The zero-order valence-corrected chi connectivity index (χ0v) is 16.2. The molecule has 0 radical (unpaired) electrons. The van der Waals surface area contributed by atoms with Crippen molar-refractivity contribution in [3.05, 3.63) is 102 Å². The van der Waals surface area contributed by atoms with E-state index in [0.717, 1.165) is 16.7 Å². The van der Waals surface area contributed by atoms with Crippen LogP contribution in [0.2, 0.25) is 0 Å². The number of carbonyl (C=O) groups is 2. The van der Waals surface area contributed by atoms with Gasteiger partial charge in [0, 0.05) is 12.1 Å². The lowest BCUT2D eigenvalue weighted by Crippen LogP contribution is -2.30. The molecule has 148 valence electrons. The second-order valence-electron chi connectivity index (χ2n) is 6.45. The fraction of sp³-hybridized carbons (Fsp3) is 0.167. The zero-order valence-electron chi connectivity index (χ0n) is 16.2. The zero-order chi connectivity index (χ0) is 20.5. The number of carbonyl (C=O) groups excluding carboxylic acids is 2. The largest absolute Gasteiger partial charge is 0.496 e. The molecule has 0 atom stereocenters. The number of methoxy groups -OCH3 is 1. The Morgan fingerprint density at radius 2 is 1.38 bits per heavy atom. The molecule has 5 nitrogen and oxygen atoms in total. The lowest BCUT2D eigenvalue weighted by Gasteiger charge is -2.17. The van der Waals surface area contributed by atoms with Gasteiger partial charge < -0.3 is 14.8 Å². The van der Waals surface area contributed by atoms with Crippen LogP contribution in [0.5, 0.6) is 5.75 Å². The molecule has 3 rings (SSSR count). The van der Waals surface area contributed by atoms with E-state index >= 15 is 0 Å². The fourth-order valence-corrected chi connectivity index (χ4v) is 3.07. The number of benzene rings is 3. The molecule has 3 aromatic carbocycles. The summed E-state index contributed by atoms with van der Waals surface area (Å²) in [5.74, 6) is -0.726. The maximum absolute atomic E-state index is 12.8. The highest BCUT2D eigenvalue weighted by Gasteiger charge is 2.24. The summed E-state index contributed by atoms with van der Waals surface area (Å²) >= 11 is 0. The summed E-state index contributed by atoms with van der Waals surface area (Å²) in [6.07, 6.45) is 0. The molecule has 0 aliphatic carbocycles. The predicted molar refractivity (Wildman–Crippen MR) is 111 cm³/mol. The van der Waals surface area contributed by atoms with Gasteiger partial charge in [0.25, 0.3) is 5.91 Å². The molecule has 0 aliphatic rings. The Morgan fingerprint density at radius 3 is 1.97 bits per heavy atom. The normalized spacial score (nSPS) is 10.4. The number of hydrogen-bond donors (Lipinski definition) is 1. The van der Waals surface area contributed by atoms with Crippen molar-refractivity contribution in [2.75, 3.05) is 13.7 Å². The minimum Gasteiger partial charge on any atom is -0.496 e. The molecule has 5 heteroatoms. The van der Waals surface area contributed by atoms with E-state index in [1.165, 1.54) is 0 Å². The second kappa shape index (κ2) is 10.1. The average molecular weight is 389 g/mol. The van der Waals surface area contributed by atoms with E-state index in [1.807, 2.05) is 84.9 Å². The summed E-state index contributed by atoms with van der Waals surface area (Å²) in [5, 5.41) is 2.75. The molecule has 0 saturated heterocycles. The highest BCUT2D eigenvalue weighted by Crippen LogP contribution is 2.26. The topological polar surface area (TPSA) is 64.6 Å². The van der Waals surface area contributed by atoms with Crippen LogP contribution in [-0.4, -0.2) is 25.6 Å². The van der Waals surface area contributed by atoms with Crippen molar-refractivity contribution >= 4 is 11.9 Å². The van der Waals surface area contributed by atoms with Gasteiger partial charge in [-0.15, -0.1) is 0 Å². The van der Waals surface area contributed by atoms with E-state index in [0.29, 0.717) is 12.3 Å². The first kappa shape index (κ1) is 20.1. The summed E-state index contributed by atoms with van der Waals surface area (Å²) in [5.41, 5.74) is 2.48. The Labute approximate surface area is 170 Å². The van der Waals surface area contributed by atoms with Crippen molar-refractivity contribution in [1.29, 1.82) is 0 Å². The molecule has 0 saturated carbocycles. The minimum absolute atomic E-state index is 0.293. The van der Waals surface area contributed by atoms with Gasteiger partial charge in [-0.2, -0.15) is 0 Å². The van der Waals surface area contributed by atoms with Gasteiger partial charge >= 0.3 is 5.97 Å². The number of amides is 1.